The highest BCUT2D eigenvalue weighted by Gasteiger charge is 2.43. The molecule has 4 aromatic rings. The van der Waals surface area contributed by atoms with Crippen molar-refractivity contribution >= 4 is 26.4 Å². The van der Waals surface area contributed by atoms with E-state index < -0.39 is 9.84 Å². The lowest BCUT2D eigenvalue weighted by Crippen LogP contribution is -2.11. The molecule has 0 spiro atoms. The van der Waals surface area contributed by atoms with Crippen molar-refractivity contribution in [1.82, 2.24) is 9.88 Å². The zero-order chi connectivity index (χ0) is 26.2. The number of ketones is 1. The van der Waals surface area contributed by atoms with Gasteiger partial charge >= 0.3 is 0 Å². The molecule has 6 heteroatoms. The lowest BCUT2D eigenvalue weighted by molar-refractivity contribution is -0.119. The number of benzene rings is 3. The van der Waals surface area contributed by atoms with Gasteiger partial charge in [0.25, 0.3) is 0 Å². The molecule has 5 rings (SSSR count). The molecule has 1 unspecified atom stereocenters. The monoisotopic (exact) mass is 512 g/mol. The molecule has 190 valence electrons. The highest BCUT2D eigenvalue weighted by molar-refractivity contribution is 7.90. The predicted octanol–water partition coefficient (Wildman–Crippen LogP) is 5.49. The summed E-state index contributed by atoms with van der Waals surface area (Å²) in [5.41, 5.74) is 4.85. The summed E-state index contributed by atoms with van der Waals surface area (Å²) in [5.74, 6) is 0.278. The summed E-state index contributed by atoms with van der Waals surface area (Å²) < 4.78 is 25.9. The van der Waals surface area contributed by atoms with Crippen LogP contribution in [0.3, 0.4) is 0 Å². The Kier molecular flexibility index (Phi) is 6.97. The van der Waals surface area contributed by atoms with Gasteiger partial charge in [0, 0.05) is 25.1 Å². The first kappa shape index (κ1) is 25.3. The van der Waals surface area contributed by atoms with Gasteiger partial charge in [-0.25, -0.2) is 8.42 Å². The highest BCUT2D eigenvalue weighted by atomic mass is 32.2. The first-order valence-corrected chi connectivity index (χ1v) is 14.3. The quantitative estimate of drug-likeness (QED) is 0.297. The first-order chi connectivity index (χ1) is 17.7. The maximum absolute atomic E-state index is 13.0. The van der Waals surface area contributed by atoms with E-state index in [-0.39, 0.29) is 28.3 Å². The van der Waals surface area contributed by atoms with Gasteiger partial charge < -0.3 is 4.90 Å². The molecule has 0 N–H and O–H groups in total. The minimum absolute atomic E-state index is 0.0000884. The Hall–Kier alpha value is -3.35. The number of carbonyl (C=O) groups is 1. The smallest absolute Gasteiger partial charge is 0.184 e. The Labute approximate surface area is 219 Å². The van der Waals surface area contributed by atoms with Crippen LogP contribution in [0.5, 0.6) is 0 Å². The summed E-state index contributed by atoms with van der Waals surface area (Å²) >= 11 is 0. The molecule has 37 heavy (non-hydrogen) atoms. The zero-order valence-corrected chi connectivity index (χ0v) is 22.3. The number of aromatic nitrogens is 1. The molecule has 1 aliphatic carbocycles. The number of aryl methyl sites for hydroxylation is 1. The van der Waals surface area contributed by atoms with Crippen molar-refractivity contribution in [2.24, 2.45) is 5.92 Å². The van der Waals surface area contributed by atoms with Crippen molar-refractivity contribution in [2.45, 2.75) is 42.9 Å². The van der Waals surface area contributed by atoms with Gasteiger partial charge in [-0.15, -0.1) is 0 Å². The Balaban J connectivity index is 1.21. The Bertz CT molecular complexity index is 1540. The molecule has 1 aliphatic rings. The molecule has 1 aromatic heterocycles. The molecule has 1 fully saturated rings. The summed E-state index contributed by atoms with van der Waals surface area (Å²) in [7, 11) is 0.456. The van der Waals surface area contributed by atoms with Crippen molar-refractivity contribution in [3.05, 3.63) is 107 Å². The number of Topliss-reactive ketones (excluding diaryl/α,β-unsaturated/α-hetero) is 1. The third kappa shape index (κ3) is 5.81. The minimum Gasteiger partial charge on any atom is -0.305 e. The highest BCUT2D eigenvalue weighted by Crippen LogP contribution is 2.48. The fourth-order valence-electron chi connectivity index (χ4n) is 5.04. The molecular formula is C31H32N2O3S. The van der Waals surface area contributed by atoms with Gasteiger partial charge in [-0.2, -0.15) is 0 Å². The predicted molar refractivity (Wildman–Crippen MR) is 147 cm³/mol. The van der Waals surface area contributed by atoms with Gasteiger partial charge in [0.05, 0.1) is 16.3 Å². The third-order valence-electron chi connectivity index (χ3n) is 7.14. The molecule has 0 bridgehead atoms. The van der Waals surface area contributed by atoms with Gasteiger partial charge in [-0.1, -0.05) is 54.6 Å². The average Bonchev–Trinajstić information content (AvgIpc) is 3.67. The summed E-state index contributed by atoms with van der Waals surface area (Å²) in [6.07, 6.45) is 2.98. The number of carbonyl (C=O) groups excluding carboxylic acids is 1. The fourth-order valence-corrected chi connectivity index (χ4v) is 6.31. The summed E-state index contributed by atoms with van der Waals surface area (Å²) in [6.45, 7) is 2.85. The van der Waals surface area contributed by atoms with E-state index in [2.05, 4.69) is 36.2 Å². The normalized spacial score (nSPS) is 17.3. The van der Waals surface area contributed by atoms with E-state index in [0.717, 1.165) is 29.7 Å². The van der Waals surface area contributed by atoms with E-state index in [4.69, 9.17) is 0 Å². The molecule has 3 aromatic carbocycles. The van der Waals surface area contributed by atoms with Crippen molar-refractivity contribution < 1.29 is 13.2 Å². The molecule has 1 heterocycles. The number of hydrogen-bond donors (Lipinski definition) is 0. The Morgan fingerprint density at radius 2 is 1.73 bits per heavy atom. The summed E-state index contributed by atoms with van der Waals surface area (Å²) in [5, 5.41) is 2.38. The third-order valence-corrected chi connectivity index (χ3v) is 8.80. The van der Waals surface area contributed by atoms with Crippen molar-refractivity contribution in [1.29, 1.82) is 0 Å². The van der Waals surface area contributed by atoms with E-state index in [1.54, 1.807) is 24.4 Å². The number of hydrogen-bond acceptors (Lipinski definition) is 5. The zero-order valence-electron chi connectivity index (χ0n) is 21.5. The van der Waals surface area contributed by atoms with E-state index in [0.29, 0.717) is 12.1 Å². The Morgan fingerprint density at radius 3 is 2.43 bits per heavy atom. The van der Waals surface area contributed by atoms with Crippen LogP contribution in [0.1, 0.15) is 40.3 Å². The van der Waals surface area contributed by atoms with Crippen molar-refractivity contribution in [3.8, 4) is 0 Å². The van der Waals surface area contributed by atoms with Crippen LogP contribution in [-0.4, -0.2) is 38.2 Å². The average molecular weight is 513 g/mol. The summed E-state index contributed by atoms with van der Waals surface area (Å²) in [4.78, 5) is 19.6. The van der Waals surface area contributed by atoms with Gasteiger partial charge in [-0.05, 0) is 84.6 Å². The number of sulfone groups is 1. The lowest BCUT2D eigenvalue weighted by Gasteiger charge is -2.10. The van der Waals surface area contributed by atoms with Crippen LogP contribution in [0.15, 0.2) is 83.9 Å². The molecule has 2 atom stereocenters. The van der Waals surface area contributed by atoms with Gasteiger partial charge in [0.15, 0.2) is 9.84 Å². The molecular weight excluding hydrogens is 480 g/mol. The second kappa shape index (κ2) is 10.2. The van der Waals surface area contributed by atoms with E-state index in [9.17, 15) is 13.2 Å². The maximum Gasteiger partial charge on any atom is 0.184 e. The minimum atomic E-state index is -3.50. The number of pyridine rings is 1. The number of nitrogens with zero attached hydrogens (tertiary/aromatic N) is 2. The topological polar surface area (TPSA) is 67.3 Å². The van der Waals surface area contributed by atoms with Crippen LogP contribution in [0, 0.1) is 12.8 Å². The SMILES string of the molecule is Cc1cccc2ccc(CC(=O)[C@@H]3CC3c3ccc(S(=O)(=O)Cc4ccc(CN(C)C)cn4)cc3)cc12. The van der Waals surface area contributed by atoms with Gasteiger partial charge in [0.2, 0.25) is 0 Å². The standard InChI is InChI=1S/C31H32N2O3S/c1-21-5-4-6-24-9-7-22(15-28(21)24)16-31(34)30-17-29(30)25-10-13-27(14-11-25)37(35,36)20-26-12-8-23(18-32-26)19-33(2)3/h4-15,18,29-30H,16-17,19-20H2,1-3H3/t29?,30-/m1/s1. The molecule has 0 amide bonds. The maximum atomic E-state index is 13.0. The fraction of sp³-hybridized carbons (Fsp3) is 0.290. The Morgan fingerprint density at radius 1 is 0.973 bits per heavy atom. The second-order valence-electron chi connectivity index (χ2n) is 10.4. The first-order valence-electron chi connectivity index (χ1n) is 12.6. The van der Waals surface area contributed by atoms with E-state index >= 15 is 0 Å². The molecule has 0 aliphatic heterocycles. The second-order valence-corrected chi connectivity index (χ2v) is 12.4. The van der Waals surface area contributed by atoms with Crippen molar-refractivity contribution in [2.75, 3.05) is 14.1 Å². The molecule has 5 nitrogen and oxygen atoms in total. The van der Waals surface area contributed by atoms with E-state index in [1.807, 2.05) is 49.3 Å². The van der Waals surface area contributed by atoms with E-state index in [1.165, 1.54) is 16.3 Å². The van der Waals surface area contributed by atoms with Gasteiger partial charge in [-0.3, -0.25) is 9.78 Å². The molecule has 0 radical (unpaired) electrons. The van der Waals surface area contributed by atoms with Crippen LogP contribution in [-0.2, 0) is 33.4 Å². The van der Waals surface area contributed by atoms with Crippen LogP contribution in [0.25, 0.3) is 10.8 Å². The number of rotatable bonds is 9. The molecule has 0 saturated heterocycles. The lowest BCUT2D eigenvalue weighted by atomic mass is 9.98. The van der Waals surface area contributed by atoms with Crippen LogP contribution in [0.4, 0.5) is 0 Å². The number of fused-ring (bicyclic) bond motifs is 1. The van der Waals surface area contributed by atoms with Crippen LogP contribution >= 0.6 is 0 Å². The van der Waals surface area contributed by atoms with Crippen LogP contribution < -0.4 is 0 Å². The molecule has 1 saturated carbocycles. The van der Waals surface area contributed by atoms with Gasteiger partial charge in [0.1, 0.15) is 5.78 Å². The van der Waals surface area contributed by atoms with Crippen molar-refractivity contribution in [3.63, 3.8) is 0 Å². The van der Waals surface area contributed by atoms with Crippen LogP contribution in [0.2, 0.25) is 0 Å². The summed E-state index contributed by atoms with van der Waals surface area (Å²) in [6, 6.07) is 23.2. The largest absolute Gasteiger partial charge is 0.305 e.